The fourth-order valence-electron chi connectivity index (χ4n) is 2.74. The zero-order valence-corrected chi connectivity index (χ0v) is 15.5. The predicted octanol–water partition coefficient (Wildman–Crippen LogP) is 4.76. The summed E-state index contributed by atoms with van der Waals surface area (Å²) >= 11 is 0. The molecule has 0 aliphatic carbocycles. The molecule has 7 heteroatoms. The molecule has 0 unspecified atom stereocenters. The second kappa shape index (κ2) is 7.93. The Morgan fingerprint density at radius 1 is 1.00 bits per heavy atom. The highest BCUT2D eigenvalue weighted by atomic mass is 19.1. The van der Waals surface area contributed by atoms with Crippen molar-refractivity contribution in [3.63, 3.8) is 0 Å². The fraction of sp³-hybridized carbons (Fsp3) is 0.0455. The molecule has 0 aliphatic rings. The van der Waals surface area contributed by atoms with E-state index in [1.54, 1.807) is 35.1 Å². The maximum atomic E-state index is 12.9. The monoisotopic (exact) mass is 388 g/mol. The molecule has 1 N–H and O–H groups in total. The lowest BCUT2D eigenvalue weighted by molar-refractivity contribution is 0.102. The molecule has 144 valence electrons. The van der Waals surface area contributed by atoms with E-state index >= 15 is 0 Å². The van der Waals surface area contributed by atoms with E-state index in [1.165, 1.54) is 30.5 Å². The molecule has 0 atom stereocenters. The largest absolute Gasteiger partial charge is 0.439 e. The number of rotatable bonds is 5. The normalized spacial score (nSPS) is 10.6. The van der Waals surface area contributed by atoms with Gasteiger partial charge in [-0.05, 0) is 67.6 Å². The quantitative estimate of drug-likeness (QED) is 0.535. The maximum Gasteiger partial charge on any atom is 0.255 e. The Balaban J connectivity index is 1.40. The summed E-state index contributed by atoms with van der Waals surface area (Å²) in [6.45, 7) is 1.96. The number of hydrogen-bond acceptors (Lipinski definition) is 4. The van der Waals surface area contributed by atoms with Crippen molar-refractivity contribution in [2.45, 2.75) is 6.92 Å². The van der Waals surface area contributed by atoms with Crippen LogP contribution in [0.5, 0.6) is 11.6 Å². The van der Waals surface area contributed by atoms with Crippen LogP contribution < -0.4 is 10.1 Å². The summed E-state index contributed by atoms with van der Waals surface area (Å²) in [4.78, 5) is 16.6. The number of benzene rings is 2. The van der Waals surface area contributed by atoms with Crippen LogP contribution in [0.1, 0.15) is 16.1 Å². The van der Waals surface area contributed by atoms with Gasteiger partial charge in [0.05, 0.1) is 17.6 Å². The maximum absolute atomic E-state index is 12.9. The number of aryl methyl sites for hydroxylation is 1. The van der Waals surface area contributed by atoms with Crippen LogP contribution in [0, 0.1) is 12.7 Å². The number of carbonyl (C=O) groups is 1. The number of ether oxygens (including phenoxy) is 1. The summed E-state index contributed by atoms with van der Waals surface area (Å²) in [5, 5.41) is 7.04. The van der Waals surface area contributed by atoms with Crippen LogP contribution in [0.2, 0.25) is 0 Å². The van der Waals surface area contributed by atoms with Gasteiger partial charge in [-0.25, -0.2) is 14.1 Å². The molecule has 4 aromatic rings. The van der Waals surface area contributed by atoms with E-state index in [2.05, 4.69) is 15.4 Å². The van der Waals surface area contributed by atoms with Crippen LogP contribution in [0.25, 0.3) is 5.69 Å². The summed E-state index contributed by atoms with van der Waals surface area (Å²) in [7, 11) is 0. The highest BCUT2D eigenvalue weighted by Crippen LogP contribution is 2.21. The van der Waals surface area contributed by atoms with E-state index in [9.17, 15) is 9.18 Å². The standard InChI is InChI=1S/C22H17FN4O2/c1-15-12-13-25-27(15)19-7-2-16(3-8-19)22(28)26-18-6-11-21(24-14-18)29-20-9-4-17(23)5-10-20/h2-14H,1H3,(H,26,28). The Kier molecular flexibility index (Phi) is 5.03. The molecule has 29 heavy (non-hydrogen) atoms. The topological polar surface area (TPSA) is 69.0 Å². The molecule has 2 heterocycles. The van der Waals surface area contributed by atoms with E-state index < -0.39 is 0 Å². The van der Waals surface area contributed by atoms with Gasteiger partial charge in [-0.15, -0.1) is 0 Å². The van der Waals surface area contributed by atoms with Crippen molar-refractivity contribution in [3.05, 3.63) is 96.2 Å². The molecule has 0 bridgehead atoms. The summed E-state index contributed by atoms with van der Waals surface area (Å²) < 4.78 is 20.3. The first-order chi connectivity index (χ1) is 14.1. The number of pyridine rings is 1. The molecule has 0 radical (unpaired) electrons. The summed E-state index contributed by atoms with van der Waals surface area (Å²) in [6, 6.07) is 18.0. The Hall–Kier alpha value is -4.00. The number of amides is 1. The SMILES string of the molecule is Cc1ccnn1-c1ccc(C(=O)Nc2ccc(Oc3ccc(F)cc3)nc2)cc1. The van der Waals surface area contributed by atoms with Gasteiger partial charge >= 0.3 is 0 Å². The van der Waals surface area contributed by atoms with E-state index in [0.717, 1.165) is 11.4 Å². The Bertz CT molecular complexity index is 1120. The molecule has 0 saturated carbocycles. The van der Waals surface area contributed by atoms with Gasteiger partial charge < -0.3 is 10.1 Å². The summed E-state index contributed by atoms with van der Waals surface area (Å²) in [5.41, 5.74) is 2.95. The summed E-state index contributed by atoms with van der Waals surface area (Å²) in [6.07, 6.45) is 3.23. The lowest BCUT2D eigenvalue weighted by Crippen LogP contribution is -2.12. The van der Waals surface area contributed by atoms with Crippen LogP contribution in [0.15, 0.2) is 79.1 Å². The molecule has 4 rings (SSSR count). The summed E-state index contributed by atoms with van der Waals surface area (Å²) in [5.74, 6) is 0.232. The van der Waals surface area contributed by atoms with Crippen LogP contribution in [0.4, 0.5) is 10.1 Å². The molecular weight excluding hydrogens is 371 g/mol. The molecule has 6 nitrogen and oxygen atoms in total. The van der Waals surface area contributed by atoms with E-state index in [0.29, 0.717) is 22.9 Å². The van der Waals surface area contributed by atoms with Crippen LogP contribution in [0.3, 0.4) is 0 Å². The molecule has 0 aliphatic heterocycles. The number of hydrogen-bond donors (Lipinski definition) is 1. The first-order valence-corrected chi connectivity index (χ1v) is 8.90. The first-order valence-electron chi connectivity index (χ1n) is 8.90. The molecule has 0 spiro atoms. The lowest BCUT2D eigenvalue weighted by Gasteiger charge is -2.08. The van der Waals surface area contributed by atoms with Gasteiger partial charge in [-0.3, -0.25) is 4.79 Å². The smallest absolute Gasteiger partial charge is 0.255 e. The van der Waals surface area contributed by atoms with Gasteiger partial charge in [0.1, 0.15) is 11.6 Å². The number of anilines is 1. The fourth-order valence-corrected chi connectivity index (χ4v) is 2.74. The molecule has 1 amide bonds. The van der Waals surface area contributed by atoms with Gasteiger partial charge in [0.25, 0.3) is 5.91 Å². The van der Waals surface area contributed by atoms with E-state index in [1.807, 2.05) is 25.1 Å². The van der Waals surface area contributed by atoms with Gasteiger partial charge in [-0.1, -0.05) is 0 Å². The molecule has 2 aromatic carbocycles. The van der Waals surface area contributed by atoms with E-state index in [-0.39, 0.29) is 11.7 Å². The van der Waals surface area contributed by atoms with Crippen molar-refractivity contribution in [1.82, 2.24) is 14.8 Å². The van der Waals surface area contributed by atoms with Crippen LogP contribution >= 0.6 is 0 Å². The number of halogens is 1. The van der Waals surface area contributed by atoms with Crippen molar-refractivity contribution in [2.75, 3.05) is 5.32 Å². The lowest BCUT2D eigenvalue weighted by atomic mass is 10.2. The number of carbonyl (C=O) groups excluding carboxylic acids is 1. The van der Waals surface area contributed by atoms with Gasteiger partial charge in [0.2, 0.25) is 5.88 Å². The van der Waals surface area contributed by atoms with Crippen molar-refractivity contribution in [2.24, 2.45) is 0 Å². The highest BCUT2D eigenvalue weighted by Gasteiger charge is 2.08. The van der Waals surface area contributed by atoms with Gasteiger partial charge in [-0.2, -0.15) is 5.10 Å². The first kappa shape index (κ1) is 18.4. The number of nitrogens with zero attached hydrogens (tertiary/aromatic N) is 3. The molecule has 0 saturated heterocycles. The van der Waals surface area contributed by atoms with Crippen LogP contribution in [-0.2, 0) is 0 Å². The van der Waals surface area contributed by atoms with Crippen LogP contribution in [-0.4, -0.2) is 20.7 Å². The molecule has 2 aromatic heterocycles. The Labute approximate surface area is 166 Å². The highest BCUT2D eigenvalue weighted by molar-refractivity contribution is 6.04. The minimum Gasteiger partial charge on any atom is -0.439 e. The van der Waals surface area contributed by atoms with Crippen molar-refractivity contribution in [3.8, 4) is 17.3 Å². The number of nitrogens with one attached hydrogen (secondary N) is 1. The van der Waals surface area contributed by atoms with Gasteiger partial charge in [0.15, 0.2) is 0 Å². The molecular formula is C22H17FN4O2. The van der Waals surface area contributed by atoms with Crippen molar-refractivity contribution >= 4 is 11.6 Å². The third-order valence-electron chi connectivity index (χ3n) is 4.24. The second-order valence-corrected chi connectivity index (χ2v) is 6.33. The van der Waals surface area contributed by atoms with Crippen molar-refractivity contribution in [1.29, 1.82) is 0 Å². The molecule has 0 fully saturated rings. The third kappa shape index (κ3) is 4.30. The average Bonchev–Trinajstić information content (AvgIpc) is 3.17. The Morgan fingerprint density at radius 3 is 2.38 bits per heavy atom. The van der Waals surface area contributed by atoms with E-state index in [4.69, 9.17) is 4.74 Å². The zero-order chi connectivity index (χ0) is 20.2. The zero-order valence-electron chi connectivity index (χ0n) is 15.5. The van der Waals surface area contributed by atoms with Gasteiger partial charge in [0, 0.05) is 23.5 Å². The predicted molar refractivity (Wildman–Crippen MR) is 107 cm³/mol. The van der Waals surface area contributed by atoms with Crippen molar-refractivity contribution < 1.29 is 13.9 Å². The number of aromatic nitrogens is 3. The Morgan fingerprint density at radius 2 is 1.76 bits per heavy atom. The minimum atomic E-state index is -0.337. The second-order valence-electron chi connectivity index (χ2n) is 6.33. The third-order valence-corrected chi connectivity index (χ3v) is 4.24. The average molecular weight is 388 g/mol. The minimum absolute atomic E-state index is 0.247.